The third kappa shape index (κ3) is 4.08. The molecule has 0 radical (unpaired) electrons. The van der Waals surface area contributed by atoms with Crippen molar-refractivity contribution in [1.29, 1.82) is 0 Å². The van der Waals surface area contributed by atoms with Crippen LogP contribution in [-0.4, -0.2) is 26.7 Å². The first-order chi connectivity index (χ1) is 15.1. The molecule has 0 aliphatic heterocycles. The van der Waals surface area contributed by atoms with Gasteiger partial charge < -0.3 is 19.5 Å². The summed E-state index contributed by atoms with van der Waals surface area (Å²) >= 11 is 0. The summed E-state index contributed by atoms with van der Waals surface area (Å²) in [4.78, 5) is 13.3. The molecule has 0 aromatic heterocycles. The van der Waals surface area contributed by atoms with E-state index in [1.165, 1.54) is 0 Å². The molecule has 0 bridgehead atoms. The van der Waals surface area contributed by atoms with E-state index in [1.54, 1.807) is 14.2 Å². The van der Waals surface area contributed by atoms with Gasteiger partial charge in [-0.3, -0.25) is 4.79 Å². The highest BCUT2D eigenvalue weighted by molar-refractivity contribution is 5.97. The van der Waals surface area contributed by atoms with E-state index < -0.39 is 5.41 Å². The van der Waals surface area contributed by atoms with Gasteiger partial charge in [0.05, 0.1) is 26.7 Å². The average molecular weight is 418 g/mol. The number of carbonyl (C=O) groups is 1. The Balaban J connectivity index is 1.64. The number of benzene rings is 3. The second kappa shape index (κ2) is 8.72. The highest BCUT2D eigenvalue weighted by Gasteiger charge is 2.60. The molecule has 1 N–H and O–H groups in total. The molecule has 1 fully saturated rings. The maximum atomic E-state index is 13.3. The van der Waals surface area contributed by atoms with E-state index in [9.17, 15) is 4.79 Å². The molecule has 31 heavy (non-hydrogen) atoms. The number of amides is 1. The van der Waals surface area contributed by atoms with E-state index in [1.807, 2.05) is 67.6 Å². The molecule has 3 aromatic carbocycles. The summed E-state index contributed by atoms with van der Waals surface area (Å²) in [6.07, 6.45) is 0.718. The lowest BCUT2D eigenvalue weighted by Gasteiger charge is -2.20. The summed E-state index contributed by atoms with van der Waals surface area (Å²) in [5, 5.41) is 3.07. The second-order valence-corrected chi connectivity index (χ2v) is 7.64. The van der Waals surface area contributed by atoms with Gasteiger partial charge >= 0.3 is 0 Å². The van der Waals surface area contributed by atoms with Gasteiger partial charge in [0.15, 0.2) is 0 Å². The van der Waals surface area contributed by atoms with Crippen LogP contribution >= 0.6 is 0 Å². The third-order valence-corrected chi connectivity index (χ3v) is 5.88. The van der Waals surface area contributed by atoms with Crippen molar-refractivity contribution in [2.24, 2.45) is 5.92 Å². The number of nitrogens with one attached hydrogen (secondary N) is 1. The summed E-state index contributed by atoms with van der Waals surface area (Å²) in [5.41, 5.74) is 2.46. The summed E-state index contributed by atoms with van der Waals surface area (Å²) in [5.74, 6) is 2.14. The molecule has 1 saturated carbocycles. The zero-order valence-corrected chi connectivity index (χ0v) is 18.1. The van der Waals surface area contributed by atoms with E-state index in [0.29, 0.717) is 6.61 Å². The molecule has 1 aliphatic rings. The minimum Gasteiger partial charge on any atom is -0.497 e. The summed E-state index contributed by atoms with van der Waals surface area (Å²) < 4.78 is 16.4. The van der Waals surface area contributed by atoms with Crippen molar-refractivity contribution >= 4 is 11.6 Å². The lowest BCUT2D eigenvalue weighted by atomic mass is 9.85. The van der Waals surface area contributed by atoms with Crippen molar-refractivity contribution in [2.45, 2.75) is 18.8 Å². The van der Waals surface area contributed by atoms with E-state index in [0.717, 1.165) is 40.5 Å². The first kappa shape index (κ1) is 20.8. The predicted molar refractivity (Wildman–Crippen MR) is 121 cm³/mol. The van der Waals surface area contributed by atoms with Crippen LogP contribution in [0.1, 0.15) is 24.5 Å². The fraction of sp³-hybridized carbons (Fsp3) is 0.269. The standard InChI is InChI=1S/C26H27NO4/c1-4-31-21-13-11-20(12-14-21)27-25(28)24-17-26(24,18-7-5-9-22(15-18)29-2)19-8-6-10-23(16-19)30-3/h5-16,24H,4,17H2,1-3H3,(H,27,28). The lowest BCUT2D eigenvalue weighted by molar-refractivity contribution is -0.117. The molecule has 1 unspecified atom stereocenters. The highest BCUT2D eigenvalue weighted by atomic mass is 16.5. The van der Waals surface area contributed by atoms with Crippen molar-refractivity contribution in [1.82, 2.24) is 0 Å². The predicted octanol–water partition coefficient (Wildman–Crippen LogP) is 5.05. The van der Waals surface area contributed by atoms with Crippen molar-refractivity contribution in [3.8, 4) is 17.2 Å². The molecule has 0 saturated heterocycles. The Labute approximate surface area is 183 Å². The van der Waals surface area contributed by atoms with Gasteiger partial charge in [-0.15, -0.1) is 0 Å². The molecule has 4 rings (SSSR count). The molecule has 1 atom stereocenters. The minimum absolute atomic E-state index is 0.00482. The van der Waals surface area contributed by atoms with Gasteiger partial charge in [-0.05, 0) is 73.0 Å². The van der Waals surface area contributed by atoms with Crippen molar-refractivity contribution in [2.75, 3.05) is 26.1 Å². The zero-order valence-electron chi connectivity index (χ0n) is 18.1. The molecular formula is C26H27NO4. The van der Waals surface area contributed by atoms with Crippen LogP contribution in [0.3, 0.4) is 0 Å². The van der Waals surface area contributed by atoms with E-state index >= 15 is 0 Å². The molecule has 1 amide bonds. The van der Waals surface area contributed by atoms with E-state index in [-0.39, 0.29) is 11.8 Å². The number of hydrogen-bond donors (Lipinski definition) is 1. The zero-order chi connectivity index (χ0) is 21.8. The van der Waals surface area contributed by atoms with Crippen molar-refractivity contribution < 1.29 is 19.0 Å². The van der Waals surface area contributed by atoms with Crippen LogP contribution < -0.4 is 19.5 Å². The molecule has 160 valence electrons. The average Bonchev–Trinajstić information content (AvgIpc) is 3.58. The van der Waals surface area contributed by atoms with Gasteiger partial charge in [-0.1, -0.05) is 24.3 Å². The van der Waals surface area contributed by atoms with Gasteiger partial charge in [0.2, 0.25) is 5.91 Å². The summed E-state index contributed by atoms with van der Waals surface area (Å²) in [6.45, 7) is 2.55. The topological polar surface area (TPSA) is 56.8 Å². The third-order valence-electron chi connectivity index (χ3n) is 5.88. The lowest BCUT2D eigenvalue weighted by Crippen LogP contribution is -2.22. The molecular weight excluding hydrogens is 390 g/mol. The first-order valence-electron chi connectivity index (χ1n) is 10.4. The van der Waals surface area contributed by atoms with Crippen LogP contribution in [0.2, 0.25) is 0 Å². The number of hydrogen-bond acceptors (Lipinski definition) is 4. The Hall–Kier alpha value is -3.47. The van der Waals surface area contributed by atoms with Crippen LogP contribution in [0, 0.1) is 5.92 Å². The Morgan fingerprint density at radius 1 is 0.903 bits per heavy atom. The number of ether oxygens (including phenoxy) is 3. The van der Waals surface area contributed by atoms with Gasteiger partial charge in [0, 0.05) is 11.1 Å². The quantitative estimate of drug-likeness (QED) is 0.557. The summed E-state index contributed by atoms with van der Waals surface area (Å²) in [6, 6.07) is 23.4. The SMILES string of the molecule is CCOc1ccc(NC(=O)C2CC2(c2cccc(OC)c2)c2cccc(OC)c2)cc1. The molecule has 0 heterocycles. The normalized spacial score (nSPS) is 16.3. The fourth-order valence-corrected chi connectivity index (χ4v) is 4.22. The largest absolute Gasteiger partial charge is 0.497 e. The molecule has 0 spiro atoms. The molecule has 3 aromatic rings. The molecule has 5 heteroatoms. The first-order valence-corrected chi connectivity index (χ1v) is 10.4. The van der Waals surface area contributed by atoms with Crippen LogP contribution in [0.15, 0.2) is 72.8 Å². The number of anilines is 1. The maximum Gasteiger partial charge on any atom is 0.228 e. The van der Waals surface area contributed by atoms with Crippen molar-refractivity contribution in [3.63, 3.8) is 0 Å². The van der Waals surface area contributed by atoms with Gasteiger partial charge in [0.1, 0.15) is 17.2 Å². The highest BCUT2D eigenvalue weighted by Crippen LogP contribution is 2.60. The Morgan fingerprint density at radius 2 is 1.48 bits per heavy atom. The Bertz CT molecular complexity index is 1010. The monoisotopic (exact) mass is 417 g/mol. The van der Waals surface area contributed by atoms with Gasteiger partial charge in [-0.2, -0.15) is 0 Å². The number of methoxy groups -OCH3 is 2. The fourth-order valence-electron chi connectivity index (χ4n) is 4.22. The van der Waals surface area contributed by atoms with Crippen LogP contribution in [0.5, 0.6) is 17.2 Å². The van der Waals surface area contributed by atoms with Crippen LogP contribution in [-0.2, 0) is 10.2 Å². The second-order valence-electron chi connectivity index (χ2n) is 7.64. The van der Waals surface area contributed by atoms with Gasteiger partial charge in [-0.25, -0.2) is 0 Å². The minimum atomic E-state index is -0.418. The molecule has 1 aliphatic carbocycles. The Kier molecular flexibility index (Phi) is 5.85. The number of rotatable bonds is 8. The Morgan fingerprint density at radius 3 is 2.00 bits per heavy atom. The maximum absolute atomic E-state index is 13.3. The van der Waals surface area contributed by atoms with Crippen molar-refractivity contribution in [3.05, 3.63) is 83.9 Å². The van der Waals surface area contributed by atoms with E-state index in [2.05, 4.69) is 17.4 Å². The van der Waals surface area contributed by atoms with E-state index in [4.69, 9.17) is 14.2 Å². The van der Waals surface area contributed by atoms with Crippen LogP contribution in [0.25, 0.3) is 0 Å². The summed E-state index contributed by atoms with van der Waals surface area (Å²) in [7, 11) is 3.31. The van der Waals surface area contributed by atoms with Crippen LogP contribution in [0.4, 0.5) is 5.69 Å². The smallest absolute Gasteiger partial charge is 0.228 e. The molecule has 5 nitrogen and oxygen atoms in total. The van der Waals surface area contributed by atoms with Gasteiger partial charge in [0.25, 0.3) is 0 Å². The number of carbonyl (C=O) groups excluding carboxylic acids is 1.